The van der Waals surface area contributed by atoms with Crippen molar-refractivity contribution in [3.8, 4) is 0 Å². The molecule has 5 rings (SSSR count). The molecule has 0 aliphatic heterocycles. The molecule has 27 heavy (non-hydrogen) atoms. The van der Waals surface area contributed by atoms with E-state index in [0.29, 0.717) is 11.2 Å². The molecule has 0 radical (unpaired) electrons. The average molecular weight is 353 g/mol. The molecule has 0 aliphatic carbocycles. The van der Waals surface area contributed by atoms with Gasteiger partial charge in [0.1, 0.15) is 16.7 Å². The average Bonchev–Trinajstić information content (AvgIpc) is 3.03. The third-order valence-electron chi connectivity index (χ3n) is 4.73. The van der Waals surface area contributed by atoms with Crippen LogP contribution in [0.3, 0.4) is 0 Å². The summed E-state index contributed by atoms with van der Waals surface area (Å²) in [5.74, 6) is 0. The number of rotatable bonds is 2. The van der Waals surface area contributed by atoms with E-state index in [2.05, 4.69) is 4.99 Å². The van der Waals surface area contributed by atoms with Crippen molar-refractivity contribution in [2.75, 3.05) is 0 Å². The summed E-state index contributed by atoms with van der Waals surface area (Å²) in [5, 5.41) is 2.84. The number of aliphatic imine (C=N–C) groups is 1. The molecule has 3 aromatic carbocycles. The summed E-state index contributed by atoms with van der Waals surface area (Å²) < 4.78 is 11.3. The van der Waals surface area contributed by atoms with E-state index in [9.17, 15) is 4.79 Å². The first-order valence-electron chi connectivity index (χ1n) is 8.68. The van der Waals surface area contributed by atoms with E-state index in [4.69, 9.17) is 8.83 Å². The van der Waals surface area contributed by atoms with Gasteiger partial charge in [-0.3, -0.25) is 4.99 Å². The van der Waals surface area contributed by atoms with Crippen molar-refractivity contribution in [3.05, 3.63) is 88.3 Å². The number of hydrogen-bond acceptors (Lipinski definition) is 4. The maximum Gasteiger partial charge on any atom is 0.336 e. The van der Waals surface area contributed by atoms with Gasteiger partial charge in [-0.25, -0.2) is 4.79 Å². The number of furan rings is 1. The minimum Gasteiger partial charge on any atom is -0.456 e. The summed E-state index contributed by atoms with van der Waals surface area (Å²) in [6.07, 6.45) is 1.72. The lowest BCUT2D eigenvalue weighted by atomic mass is 10.1. The Bertz CT molecular complexity index is 1410. The molecular weight excluding hydrogens is 338 g/mol. The highest BCUT2D eigenvalue weighted by atomic mass is 16.4. The Labute approximate surface area is 154 Å². The Balaban J connectivity index is 1.77. The molecule has 4 nitrogen and oxygen atoms in total. The van der Waals surface area contributed by atoms with E-state index < -0.39 is 5.63 Å². The molecule has 2 aromatic heterocycles. The van der Waals surface area contributed by atoms with Gasteiger partial charge >= 0.3 is 5.63 Å². The molecule has 0 fully saturated rings. The summed E-state index contributed by atoms with van der Waals surface area (Å²) in [6, 6.07) is 21.0. The largest absolute Gasteiger partial charge is 0.456 e. The zero-order valence-electron chi connectivity index (χ0n) is 14.6. The van der Waals surface area contributed by atoms with Crippen molar-refractivity contribution in [3.63, 3.8) is 0 Å². The fourth-order valence-electron chi connectivity index (χ4n) is 3.36. The van der Waals surface area contributed by atoms with Crippen molar-refractivity contribution in [2.45, 2.75) is 6.92 Å². The lowest BCUT2D eigenvalue weighted by Crippen LogP contribution is -2.00. The molecule has 0 aliphatic rings. The van der Waals surface area contributed by atoms with E-state index in [1.165, 1.54) is 6.07 Å². The first kappa shape index (κ1) is 15.6. The number of para-hydroxylation sites is 2. The Morgan fingerprint density at radius 2 is 1.56 bits per heavy atom. The Kier molecular flexibility index (Phi) is 3.44. The standard InChI is InChI=1S/C23H15NO3/c1-14-6-2-4-8-19(14)24-13-15-10-23(25)27-21-12-22-18(11-17(15)21)16-7-3-5-9-20(16)26-22/h2-13H,1H3. The highest BCUT2D eigenvalue weighted by molar-refractivity contribution is 6.11. The minimum absolute atomic E-state index is 0.413. The predicted molar refractivity (Wildman–Crippen MR) is 108 cm³/mol. The van der Waals surface area contributed by atoms with E-state index in [-0.39, 0.29) is 0 Å². The van der Waals surface area contributed by atoms with E-state index >= 15 is 0 Å². The highest BCUT2D eigenvalue weighted by Crippen LogP contribution is 2.32. The van der Waals surface area contributed by atoms with E-state index in [1.807, 2.05) is 61.5 Å². The number of fused-ring (bicyclic) bond motifs is 4. The Morgan fingerprint density at radius 1 is 0.778 bits per heavy atom. The summed E-state index contributed by atoms with van der Waals surface area (Å²) in [7, 11) is 0. The van der Waals surface area contributed by atoms with Gasteiger partial charge in [0.05, 0.1) is 5.69 Å². The van der Waals surface area contributed by atoms with Gasteiger partial charge in [0.2, 0.25) is 0 Å². The minimum atomic E-state index is -0.413. The van der Waals surface area contributed by atoms with Crippen LogP contribution in [0.25, 0.3) is 32.9 Å². The molecule has 0 saturated heterocycles. The van der Waals surface area contributed by atoms with Crippen LogP contribution in [0.1, 0.15) is 11.1 Å². The first-order valence-corrected chi connectivity index (χ1v) is 8.68. The van der Waals surface area contributed by atoms with Crippen LogP contribution in [0.5, 0.6) is 0 Å². The monoisotopic (exact) mass is 353 g/mol. The number of benzene rings is 3. The predicted octanol–water partition coefficient (Wildman–Crippen LogP) is 5.75. The molecule has 2 heterocycles. The molecule has 0 atom stereocenters. The molecule has 0 N–H and O–H groups in total. The van der Waals surface area contributed by atoms with Crippen LogP contribution in [-0.2, 0) is 0 Å². The van der Waals surface area contributed by atoms with Gasteiger partial charge in [-0.05, 0) is 30.7 Å². The van der Waals surface area contributed by atoms with Crippen molar-refractivity contribution < 1.29 is 8.83 Å². The zero-order valence-corrected chi connectivity index (χ0v) is 14.6. The van der Waals surface area contributed by atoms with Gasteiger partial charge in [0.25, 0.3) is 0 Å². The molecule has 0 spiro atoms. The number of nitrogens with zero attached hydrogens (tertiary/aromatic N) is 1. The second-order valence-electron chi connectivity index (χ2n) is 6.51. The van der Waals surface area contributed by atoms with Gasteiger partial charge < -0.3 is 8.83 Å². The Hall–Kier alpha value is -3.66. The van der Waals surface area contributed by atoms with E-state index in [1.54, 1.807) is 12.3 Å². The van der Waals surface area contributed by atoms with Crippen LogP contribution in [0.2, 0.25) is 0 Å². The topological polar surface area (TPSA) is 55.7 Å². The van der Waals surface area contributed by atoms with Crippen LogP contribution >= 0.6 is 0 Å². The molecular formula is C23H15NO3. The molecule has 0 bridgehead atoms. The first-order chi connectivity index (χ1) is 13.2. The zero-order chi connectivity index (χ0) is 18.4. The molecule has 4 heteroatoms. The summed E-state index contributed by atoms with van der Waals surface area (Å²) in [4.78, 5) is 16.6. The molecule has 0 saturated carbocycles. The maximum atomic E-state index is 12.0. The summed E-state index contributed by atoms with van der Waals surface area (Å²) >= 11 is 0. The van der Waals surface area contributed by atoms with Crippen molar-refractivity contribution in [1.82, 2.24) is 0 Å². The van der Waals surface area contributed by atoms with Crippen molar-refractivity contribution in [1.29, 1.82) is 0 Å². The number of aryl methyl sites for hydroxylation is 1. The van der Waals surface area contributed by atoms with Crippen LogP contribution in [0.15, 0.2) is 85.4 Å². The summed E-state index contributed by atoms with van der Waals surface area (Å²) in [6.45, 7) is 2.01. The number of hydrogen-bond donors (Lipinski definition) is 0. The maximum absolute atomic E-state index is 12.0. The van der Waals surface area contributed by atoms with Crippen LogP contribution in [-0.4, -0.2) is 6.21 Å². The molecule has 130 valence electrons. The third kappa shape index (κ3) is 2.62. The van der Waals surface area contributed by atoms with E-state index in [0.717, 1.165) is 38.6 Å². The lowest BCUT2D eigenvalue weighted by Gasteiger charge is -2.02. The van der Waals surface area contributed by atoms with Crippen LogP contribution < -0.4 is 5.63 Å². The third-order valence-corrected chi connectivity index (χ3v) is 4.73. The lowest BCUT2D eigenvalue weighted by molar-refractivity contribution is 0.560. The second kappa shape index (κ2) is 5.95. The highest BCUT2D eigenvalue weighted by Gasteiger charge is 2.11. The van der Waals surface area contributed by atoms with Crippen molar-refractivity contribution in [2.24, 2.45) is 4.99 Å². The smallest absolute Gasteiger partial charge is 0.336 e. The molecule has 0 amide bonds. The van der Waals surface area contributed by atoms with Gasteiger partial charge in [-0.1, -0.05) is 36.4 Å². The normalized spacial score (nSPS) is 11.9. The fraction of sp³-hybridized carbons (Fsp3) is 0.0435. The SMILES string of the molecule is Cc1ccccc1N=Cc1cc(=O)oc2cc3oc4ccccc4c3cc12. The molecule has 5 aromatic rings. The van der Waals surface area contributed by atoms with Crippen LogP contribution in [0, 0.1) is 6.92 Å². The van der Waals surface area contributed by atoms with Gasteiger partial charge in [0.15, 0.2) is 0 Å². The van der Waals surface area contributed by atoms with Crippen LogP contribution in [0.4, 0.5) is 5.69 Å². The van der Waals surface area contributed by atoms with Gasteiger partial charge in [-0.2, -0.15) is 0 Å². The Morgan fingerprint density at radius 3 is 2.44 bits per heavy atom. The second-order valence-corrected chi connectivity index (χ2v) is 6.51. The van der Waals surface area contributed by atoms with Crippen molar-refractivity contribution >= 4 is 44.8 Å². The fourth-order valence-corrected chi connectivity index (χ4v) is 3.36. The quantitative estimate of drug-likeness (QED) is 0.300. The van der Waals surface area contributed by atoms with Gasteiger partial charge in [-0.15, -0.1) is 0 Å². The molecule has 0 unspecified atom stereocenters. The summed E-state index contributed by atoms with van der Waals surface area (Å²) in [5.41, 5.74) is 4.24. The van der Waals surface area contributed by atoms with Gasteiger partial charge in [0, 0.05) is 40.1 Å².